The maximum absolute atomic E-state index is 10.6. The monoisotopic (exact) mass is 425 g/mol. The number of nitrogens with zero attached hydrogens (tertiary/aromatic N) is 7. The molecule has 0 radical (unpaired) electrons. The molecule has 2 aliphatic rings. The Kier molecular flexibility index (Phi) is 6.58. The van der Waals surface area contributed by atoms with Crippen LogP contribution in [0, 0.1) is 0 Å². The summed E-state index contributed by atoms with van der Waals surface area (Å²) in [5, 5.41) is 8.74. The average Bonchev–Trinajstić information content (AvgIpc) is 3.59. The second-order valence-corrected chi connectivity index (χ2v) is 8.71. The van der Waals surface area contributed by atoms with Crippen molar-refractivity contribution in [2.24, 2.45) is 0 Å². The van der Waals surface area contributed by atoms with Gasteiger partial charge in [-0.2, -0.15) is 4.98 Å². The summed E-state index contributed by atoms with van der Waals surface area (Å²) in [6.07, 6.45) is 9.31. The largest absolute Gasteiger partial charge is 0.481 e. The van der Waals surface area contributed by atoms with Gasteiger partial charge in [0.1, 0.15) is 23.8 Å². The number of aliphatic carboxylic acids is 1. The molecule has 0 spiro atoms. The Morgan fingerprint density at radius 3 is 2.55 bits per heavy atom. The summed E-state index contributed by atoms with van der Waals surface area (Å²) < 4.78 is 0. The molecular weight excluding hydrogens is 394 g/mol. The number of anilines is 2. The zero-order chi connectivity index (χ0) is 21.8. The van der Waals surface area contributed by atoms with E-state index < -0.39 is 5.97 Å². The number of unbranched alkanes of at least 4 members (excludes halogenated alkanes) is 2. The molecule has 2 aromatic rings. The van der Waals surface area contributed by atoms with Crippen LogP contribution in [0.3, 0.4) is 0 Å². The Balaban J connectivity index is 1.37. The van der Waals surface area contributed by atoms with Crippen molar-refractivity contribution in [2.45, 2.75) is 76.8 Å². The fourth-order valence-electron chi connectivity index (χ4n) is 4.29. The zero-order valence-electron chi connectivity index (χ0n) is 18.3. The third-order valence-corrected chi connectivity index (χ3v) is 5.98. The standard InChI is InChI=1S/C22H31N7O2/c1-15-12-28(19-10-11-23-18(26-19)6-4-3-5-7-20(30)31)13-16(2)29(15)22-25-14-24-21(27-22)17-8-9-17/h10-11,14-17H,3-9,12-13H2,1-2H3,(H,30,31)/t15-,16+. The number of hydrogen-bond acceptors (Lipinski definition) is 8. The third kappa shape index (κ3) is 5.45. The second kappa shape index (κ2) is 9.53. The minimum absolute atomic E-state index is 0.226. The van der Waals surface area contributed by atoms with Crippen molar-refractivity contribution >= 4 is 17.7 Å². The van der Waals surface area contributed by atoms with Crippen LogP contribution in [0.2, 0.25) is 0 Å². The van der Waals surface area contributed by atoms with E-state index in [1.165, 1.54) is 12.8 Å². The molecule has 31 heavy (non-hydrogen) atoms. The first-order valence-electron chi connectivity index (χ1n) is 11.3. The lowest BCUT2D eigenvalue weighted by Crippen LogP contribution is -2.57. The first-order chi connectivity index (χ1) is 15.0. The quantitative estimate of drug-likeness (QED) is 0.607. The maximum Gasteiger partial charge on any atom is 0.303 e. The van der Waals surface area contributed by atoms with E-state index in [1.54, 1.807) is 6.33 Å². The van der Waals surface area contributed by atoms with Crippen LogP contribution in [-0.4, -0.2) is 61.2 Å². The zero-order valence-corrected chi connectivity index (χ0v) is 18.3. The van der Waals surface area contributed by atoms with E-state index in [2.05, 4.69) is 38.6 Å². The van der Waals surface area contributed by atoms with E-state index in [0.29, 0.717) is 12.3 Å². The number of carbonyl (C=O) groups is 1. The first kappa shape index (κ1) is 21.4. The summed E-state index contributed by atoms with van der Waals surface area (Å²) in [5.74, 6) is 3.25. The summed E-state index contributed by atoms with van der Waals surface area (Å²) in [7, 11) is 0. The van der Waals surface area contributed by atoms with E-state index in [4.69, 9.17) is 15.1 Å². The lowest BCUT2D eigenvalue weighted by atomic mass is 10.1. The van der Waals surface area contributed by atoms with Gasteiger partial charge in [-0.15, -0.1) is 0 Å². The molecular formula is C22H31N7O2. The molecule has 0 amide bonds. The normalized spacial score (nSPS) is 21.4. The lowest BCUT2D eigenvalue weighted by Gasteiger charge is -2.44. The predicted molar refractivity (Wildman–Crippen MR) is 117 cm³/mol. The molecule has 1 aliphatic heterocycles. The Labute approximate surface area is 183 Å². The lowest BCUT2D eigenvalue weighted by molar-refractivity contribution is -0.137. The Morgan fingerprint density at radius 2 is 1.84 bits per heavy atom. The molecule has 9 heteroatoms. The molecule has 0 aromatic carbocycles. The third-order valence-electron chi connectivity index (χ3n) is 5.98. The summed E-state index contributed by atoms with van der Waals surface area (Å²) >= 11 is 0. The molecule has 2 atom stereocenters. The van der Waals surface area contributed by atoms with Gasteiger partial charge in [0, 0.05) is 50.1 Å². The second-order valence-electron chi connectivity index (χ2n) is 8.71. The Morgan fingerprint density at radius 1 is 1.06 bits per heavy atom. The van der Waals surface area contributed by atoms with Crippen molar-refractivity contribution in [2.75, 3.05) is 22.9 Å². The van der Waals surface area contributed by atoms with Crippen LogP contribution in [0.25, 0.3) is 0 Å². The van der Waals surface area contributed by atoms with Gasteiger partial charge in [-0.1, -0.05) is 6.42 Å². The van der Waals surface area contributed by atoms with E-state index in [-0.39, 0.29) is 18.5 Å². The maximum atomic E-state index is 10.6. The van der Waals surface area contributed by atoms with Gasteiger partial charge >= 0.3 is 5.97 Å². The number of carboxylic acids is 1. The van der Waals surface area contributed by atoms with Gasteiger partial charge in [-0.3, -0.25) is 4.79 Å². The van der Waals surface area contributed by atoms with Gasteiger partial charge < -0.3 is 14.9 Å². The minimum atomic E-state index is -0.735. The van der Waals surface area contributed by atoms with Crippen molar-refractivity contribution < 1.29 is 9.90 Å². The van der Waals surface area contributed by atoms with Crippen LogP contribution < -0.4 is 9.80 Å². The number of carboxylic acid groups (broad SMARTS) is 1. The topological polar surface area (TPSA) is 108 Å². The highest BCUT2D eigenvalue weighted by Gasteiger charge is 2.33. The minimum Gasteiger partial charge on any atom is -0.481 e. The van der Waals surface area contributed by atoms with Crippen LogP contribution in [0.15, 0.2) is 18.6 Å². The highest BCUT2D eigenvalue weighted by molar-refractivity contribution is 5.66. The van der Waals surface area contributed by atoms with Gasteiger partial charge in [0.15, 0.2) is 0 Å². The number of rotatable bonds is 9. The molecule has 1 saturated heterocycles. The molecule has 0 unspecified atom stereocenters. The first-order valence-corrected chi connectivity index (χ1v) is 11.3. The van der Waals surface area contributed by atoms with Gasteiger partial charge in [0.05, 0.1) is 0 Å². The summed E-state index contributed by atoms with van der Waals surface area (Å²) in [6, 6.07) is 2.46. The summed E-state index contributed by atoms with van der Waals surface area (Å²) in [6.45, 7) is 6.08. The Bertz CT molecular complexity index is 893. The molecule has 1 aliphatic carbocycles. The van der Waals surface area contributed by atoms with E-state index in [0.717, 1.165) is 55.8 Å². The van der Waals surface area contributed by atoms with Gasteiger partial charge in [-0.05, 0) is 45.6 Å². The molecule has 3 heterocycles. The average molecular weight is 426 g/mol. The highest BCUT2D eigenvalue weighted by Crippen LogP contribution is 2.38. The summed E-state index contributed by atoms with van der Waals surface area (Å²) in [4.78, 5) is 38.0. The Hall–Kier alpha value is -2.84. The fraction of sp³-hybridized carbons (Fsp3) is 0.636. The van der Waals surface area contributed by atoms with E-state index in [1.807, 2.05) is 12.3 Å². The molecule has 1 N–H and O–H groups in total. The van der Waals surface area contributed by atoms with Crippen molar-refractivity contribution in [1.29, 1.82) is 0 Å². The number of hydrogen-bond donors (Lipinski definition) is 1. The van der Waals surface area contributed by atoms with Crippen molar-refractivity contribution in [3.8, 4) is 0 Å². The van der Waals surface area contributed by atoms with Crippen LogP contribution >= 0.6 is 0 Å². The van der Waals surface area contributed by atoms with Crippen LogP contribution in [-0.2, 0) is 11.2 Å². The molecule has 2 fully saturated rings. The SMILES string of the molecule is C[C@@H]1CN(c2ccnc(CCCCCC(=O)O)n2)C[C@H](C)N1c1ncnc(C2CC2)n1. The number of aromatic nitrogens is 5. The highest BCUT2D eigenvalue weighted by atomic mass is 16.4. The fourth-order valence-corrected chi connectivity index (χ4v) is 4.29. The molecule has 9 nitrogen and oxygen atoms in total. The van der Waals surface area contributed by atoms with Crippen LogP contribution in [0.1, 0.15) is 69.9 Å². The smallest absolute Gasteiger partial charge is 0.303 e. The summed E-state index contributed by atoms with van der Waals surface area (Å²) in [5.41, 5.74) is 0. The van der Waals surface area contributed by atoms with Crippen molar-refractivity contribution in [1.82, 2.24) is 24.9 Å². The molecule has 0 bridgehead atoms. The van der Waals surface area contributed by atoms with Crippen LogP contribution in [0.4, 0.5) is 11.8 Å². The number of aryl methyl sites for hydroxylation is 1. The van der Waals surface area contributed by atoms with E-state index in [9.17, 15) is 4.79 Å². The van der Waals surface area contributed by atoms with E-state index >= 15 is 0 Å². The molecule has 166 valence electrons. The predicted octanol–water partition coefficient (Wildman–Crippen LogP) is 2.83. The van der Waals surface area contributed by atoms with Crippen molar-refractivity contribution in [3.63, 3.8) is 0 Å². The van der Waals surface area contributed by atoms with Crippen LogP contribution in [0.5, 0.6) is 0 Å². The van der Waals surface area contributed by atoms with Gasteiger partial charge in [-0.25, -0.2) is 19.9 Å². The molecule has 2 aromatic heterocycles. The molecule has 4 rings (SSSR count). The number of piperazine rings is 1. The molecule has 1 saturated carbocycles. The van der Waals surface area contributed by atoms with Gasteiger partial charge in [0.25, 0.3) is 0 Å². The van der Waals surface area contributed by atoms with Gasteiger partial charge in [0.2, 0.25) is 5.95 Å². The van der Waals surface area contributed by atoms with Crippen molar-refractivity contribution in [3.05, 3.63) is 30.2 Å².